The first-order valence-corrected chi connectivity index (χ1v) is 8.13. The number of nitrogens with zero attached hydrogens (tertiary/aromatic N) is 3. The lowest BCUT2D eigenvalue weighted by molar-refractivity contribution is -0.402. The highest BCUT2D eigenvalue weighted by atomic mass is 32.2. The van der Waals surface area contributed by atoms with Crippen molar-refractivity contribution in [2.75, 3.05) is 5.75 Å². The van der Waals surface area contributed by atoms with Crippen molar-refractivity contribution in [3.05, 3.63) is 52.3 Å². The van der Waals surface area contributed by atoms with Crippen molar-refractivity contribution in [1.29, 1.82) is 0 Å². The molecule has 1 aliphatic rings. The lowest BCUT2D eigenvalue weighted by Gasteiger charge is -2.23. The largest absolute Gasteiger partial charge is 0.454 e. The molecule has 1 aromatic carbocycles. The van der Waals surface area contributed by atoms with Gasteiger partial charge in [0.2, 0.25) is 5.76 Å². The Balaban J connectivity index is 1.52. The van der Waals surface area contributed by atoms with Crippen LogP contribution in [0.1, 0.15) is 10.6 Å². The number of para-hydroxylation sites is 2. The third-order valence-corrected chi connectivity index (χ3v) is 4.76. The molecule has 9 heteroatoms. The summed E-state index contributed by atoms with van der Waals surface area (Å²) in [5, 5.41) is 11.5. The Hall–Kier alpha value is -2.81. The van der Waals surface area contributed by atoms with Gasteiger partial charge in [0.25, 0.3) is 0 Å². The molecule has 0 aliphatic carbocycles. The monoisotopic (exact) mass is 345 g/mol. The number of aromatic nitrogens is 2. The second-order valence-corrected chi connectivity index (χ2v) is 6.21. The van der Waals surface area contributed by atoms with E-state index in [9.17, 15) is 14.9 Å². The maximum absolute atomic E-state index is 12.1. The minimum atomic E-state index is -0.707. The van der Waals surface area contributed by atoms with Crippen LogP contribution in [0.25, 0.3) is 11.0 Å². The SMILES string of the molecule is O=C(O[C@@H]1CSc2nc3ccccc3n2C1)c1ccc([N+](=O)[O-])o1. The van der Waals surface area contributed by atoms with Gasteiger partial charge in [0.05, 0.1) is 23.6 Å². The van der Waals surface area contributed by atoms with Gasteiger partial charge in [0, 0.05) is 5.75 Å². The summed E-state index contributed by atoms with van der Waals surface area (Å²) in [6, 6.07) is 10.1. The predicted octanol–water partition coefficient (Wildman–Crippen LogP) is 2.87. The molecular formula is C15H11N3O5S. The maximum Gasteiger partial charge on any atom is 0.433 e. The van der Waals surface area contributed by atoms with Crippen LogP contribution < -0.4 is 0 Å². The smallest absolute Gasteiger partial charge is 0.433 e. The van der Waals surface area contributed by atoms with Gasteiger partial charge in [-0.25, -0.2) is 9.78 Å². The molecule has 0 N–H and O–H groups in total. The Morgan fingerprint density at radius 2 is 2.21 bits per heavy atom. The van der Waals surface area contributed by atoms with Crippen LogP contribution in [0.15, 0.2) is 46.0 Å². The van der Waals surface area contributed by atoms with Crippen molar-refractivity contribution in [2.24, 2.45) is 0 Å². The molecule has 0 fully saturated rings. The molecule has 0 unspecified atom stereocenters. The lowest BCUT2D eigenvalue weighted by atomic mass is 10.3. The third-order valence-electron chi connectivity index (χ3n) is 3.65. The number of hydrogen-bond donors (Lipinski definition) is 0. The lowest BCUT2D eigenvalue weighted by Crippen LogP contribution is -2.29. The van der Waals surface area contributed by atoms with E-state index in [1.165, 1.54) is 17.8 Å². The van der Waals surface area contributed by atoms with Gasteiger partial charge in [-0.1, -0.05) is 23.9 Å². The van der Waals surface area contributed by atoms with Crippen LogP contribution in [0.2, 0.25) is 0 Å². The standard InChI is InChI=1S/C15H11N3O5S/c19-14(12-5-6-13(23-12)18(20)21)22-9-7-17-11-4-2-1-3-10(11)16-15(17)24-8-9/h1-6,9H,7-8H2/t9-/m0/s1. The summed E-state index contributed by atoms with van der Waals surface area (Å²) in [6.07, 6.45) is -0.364. The van der Waals surface area contributed by atoms with Crippen LogP contribution >= 0.6 is 11.8 Å². The summed E-state index contributed by atoms with van der Waals surface area (Å²) in [5.41, 5.74) is 1.88. The molecular weight excluding hydrogens is 334 g/mol. The number of ether oxygens (including phenoxy) is 1. The normalized spacial score (nSPS) is 16.8. The zero-order chi connectivity index (χ0) is 16.7. The Morgan fingerprint density at radius 3 is 3.00 bits per heavy atom. The molecule has 3 heterocycles. The van der Waals surface area contributed by atoms with Crippen molar-refractivity contribution in [3.63, 3.8) is 0 Å². The van der Waals surface area contributed by atoms with Crippen LogP contribution in [0.5, 0.6) is 0 Å². The van der Waals surface area contributed by atoms with Gasteiger partial charge >= 0.3 is 11.9 Å². The fourth-order valence-corrected chi connectivity index (χ4v) is 3.58. The number of carbonyl (C=O) groups is 1. The molecule has 24 heavy (non-hydrogen) atoms. The number of esters is 1. The van der Waals surface area contributed by atoms with Crippen LogP contribution in [-0.4, -0.2) is 32.3 Å². The molecule has 0 saturated heterocycles. The third kappa shape index (κ3) is 2.52. The second kappa shape index (κ2) is 5.68. The molecule has 0 bridgehead atoms. The van der Waals surface area contributed by atoms with Crippen molar-refractivity contribution in [1.82, 2.24) is 9.55 Å². The summed E-state index contributed by atoms with van der Waals surface area (Å²) in [4.78, 5) is 26.5. The highest BCUT2D eigenvalue weighted by Crippen LogP contribution is 2.30. The number of furan rings is 1. The minimum Gasteiger partial charge on any atom is -0.454 e. The van der Waals surface area contributed by atoms with E-state index in [-0.39, 0.29) is 11.9 Å². The molecule has 1 atom stereocenters. The second-order valence-electron chi connectivity index (χ2n) is 5.23. The Morgan fingerprint density at radius 1 is 1.38 bits per heavy atom. The van der Waals surface area contributed by atoms with Gasteiger partial charge < -0.3 is 13.7 Å². The van der Waals surface area contributed by atoms with Crippen LogP contribution in [0.4, 0.5) is 5.88 Å². The molecule has 0 saturated carbocycles. The zero-order valence-electron chi connectivity index (χ0n) is 12.2. The Bertz CT molecular complexity index is 948. The molecule has 3 aromatic rings. The van der Waals surface area contributed by atoms with Crippen molar-refractivity contribution < 1.29 is 18.9 Å². The van der Waals surface area contributed by atoms with E-state index in [0.717, 1.165) is 22.3 Å². The fourth-order valence-electron chi connectivity index (χ4n) is 2.58. The average Bonchev–Trinajstić information content (AvgIpc) is 3.19. The van der Waals surface area contributed by atoms with E-state index in [4.69, 9.17) is 9.15 Å². The molecule has 0 amide bonds. The summed E-state index contributed by atoms with van der Waals surface area (Å²) >= 11 is 1.51. The highest BCUT2D eigenvalue weighted by Gasteiger charge is 2.27. The van der Waals surface area contributed by atoms with E-state index >= 15 is 0 Å². The van der Waals surface area contributed by atoms with Gasteiger partial charge in [0.15, 0.2) is 5.16 Å². The van der Waals surface area contributed by atoms with Crippen LogP contribution in [0.3, 0.4) is 0 Å². The number of carbonyl (C=O) groups excluding carboxylic acids is 1. The zero-order valence-corrected chi connectivity index (χ0v) is 13.1. The number of imidazole rings is 1. The van der Waals surface area contributed by atoms with E-state index in [2.05, 4.69) is 4.98 Å². The fraction of sp³-hybridized carbons (Fsp3) is 0.200. The Kier molecular flexibility index (Phi) is 3.49. The number of rotatable bonds is 3. The first kappa shape index (κ1) is 14.8. The average molecular weight is 345 g/mol. The van der Waals surface area contributed by atoms with Crippen molar-refractivity contribution >= 4 is 34.6 Å². The van der Waals surface area contributed by atoms with E-state index in [1.54, 1.807) is 0 Å². The van der Waals surface area contributed by atoms with Crippen LogP contribution in [-0.2, 0) is 11.3 Å². The summed E-state index contributed by atoms with van der Waals surface area (Å²) in [6.45, 7) is 0.484. The van der Waals surface area contributed by atoms with Crippen molar-refractivity contribution in [3.8, 4) is 0 Å². The topological polar surface area (TPSA) is 100 Å². The number of nitro groups is 1. The van der Waals surface area contributed by atoms with Crippen LogP contribution in [0, 0.1) is 10.1 Å². The van der Waals surface area contributed by atoms with Gasteiger partial charge in [-0.15, -0.1) is 0 Å². The summed E-state index contributed by atoms with van der Waals surface area (Å²) < 4.78 is 12.3. The van der Waals surface area contributed by atoms with Gasteiger partial charge in [-0.3, -0.25) is 10.1 Å². The molecule has 8 nitrogen and oxygen atoms in total. The van der Waals surface area contributed by atoms with Gasteiger partial charge in [0.1, 0.15) is 11.0 Å². The highest BCUT2D eigenvalue weighted by molar-refractivity contribution is 7.99. The van der Waals surface area contributed by atoms with Gasteiger partial charge in [-0.05, 0) is 18.2 Å². The number of benzene rings is 1. The van der Waals surface area contributed by atoms with E-state index in [1.807, 2.05) is 28.8 Å². The predicted molar refractivity (Wildman–Crippen MR) is 85.0 cm³/mol. The first-order valence-electron chi connectivity index (χ1n) is 7.15. The Labute approximate surface area is 139 Å². The van der Waals surface area contributed by atoms with E-state index in [0.29, 0.717) is 12.3 Å². The molecule has 4 rings (SSSR count). The van der Waals surface area contributed by atoms with E-state index < -0.39 is 16.8 Å². The molecule has 0 spiro atoms. The maximum atomic E-state index is 12.1. The summed E-state index contributed by atoms with van der Waals surface area (Å²) in [5.74, 6) is -0.796. The first-order chi connectivity index (χ1) is 11.6. The quantitative estimate of drug-likeness (QED) is 0.409. The van der Waals surface area contributed by atoms with Crippen molar-refractivity contribution in [2.45, 2.75) is 17.8 Å². The van der Waals surface area contributed by atoms with Gasteiger partial charge in [-0.2, -0.15) is 0 Å². The minimum absolute atomic E-state index is 0.173. The number of fused-ring (bicyclic) bond motifs is 3. The molecule has 2 aromatic heterocycles. The number of thioether (sulfide) groups is 1. The summed E-state index contributed by atoms with van der Waals surface area (Å²) in [7, 11) is 0. The molecule has 122 valence electrons. The molecule has 0 radical (unpaired) electrons. The molecule has 1 aliphatic heterocycles. The number of hydrogen-bond acceptors (Lipinski definition) is 7.